The van der Waals surface area contributed by atoms with Crippen molar-refractivity contribution < 1.29 is 4.74 Å². The third-order valence-electron chi connectivity index (χ3n) is 11.7. The first-order valence-corrected chi connectivity index (χ1v) is 19.6. The van der Waals surface area contributed by atoms with Crippen molar-refractivity contribution in [1.82, 2.24) is 0 Å². The molecule has 0 fully saturated rings. The van der Waals surface area contributed by atoms with E-state index in [1.165, 1.54) is 33.4 Å². The molecule has 1 spiro atoms. The summed E-state index contributed by atoms with van der Waals surface area (Å²) in [6.07, 6.45) is 0. The van der Waals surface area contributed by atoms with Crippen LogP contribution in [0.25, 0.3) is 44.5 Å². The van der Waals surface area contributed by atoms with Crippen molar-refractivity contribution in [2.45, 2.75) is 5.41 Å². The molecule has 268 valence electrons. The highest BCUT2D eigenvalue weighted by Gasteiger charge is 2.51. The Morgan fingerprint density at radius 2 is 0.737 bits per heavy atom. The minimum atomic E-state index is -0.635. The van der Waals surface area contributed by atoms with Crippen molar-refractivity contribution in [1.29, 1.82) is 0 Å². The summed E-state index contributed by atoms with van der Waals surface area (Å²) in [5.74, 6) is 1.75. The topological polar surface area (TPSA) is 12.5 Å². The summed E-state index contributed by atoms with van der Waals surface area (Å²) in [6.45, 7) is 0. The van der Waals surface area contributed by atoms with Crippen LogP contribution in [0.5, 0.6) is 11.5 Å². The lowest BCUT2D eigenvalue weighted by molar-refractivity contribution is 0.437. The summed E-state index contributed by atoms with van der Waals surface area (Å²) in [5.41, 5.74) is 16.9. The van der Waals surface area contributed by atoms with Crippen LogP contribution in [0.3, 0.4) is 0 Å². The Balaban J connectivity index is 1.17. The van der Waals surface area contributed by atoms with Crippen molar-refractivity contribution in [3.8, 4) is 56.0 Å². The predicted octanol–water partition coefficient (Wildman–Crippen LogP) is 14.6. The summed E-state index contributed by atoms with van der Waals surface area (Å²) in [7, 11) is 0. The normalized spacial score (nSPS) is 12.8. The van der Waals surface area contributed by atoms with Gasteiger partial charge in [-0.2, -0.15) is 0 Å². The molecule has 2 nitrogen and oxygen atoms in total. The average Bonchev–Trinajstić information content (AvgIpc) is 3.57. The summed E-state index contributed by atoms with van der Waals surface area (Å²) in [4.78, 5) is 2.39. The molecule has 11 rings (SSSR count). The number of para-hydroxylation sites is 1. The van der Waals surface area contributed by atoms with Gasteiger partial charge in [-0.25, -0.2) is 0 Å². The van der Waals surface area contributed by atoms with Gasteiger partial charge >= 0.3 is 0 Å². The molecule has 0 unspecified atom stereocenters. The molecule has 9 aromatic carbocycles. The summed E-state index contributed by atoms with van der Waals surface area (Å²) in [5, 5.41) is 0. The predicted molar refractivity (Wildman–Crippen MR) is 235 cm³/mol. The number of benzene rings is 9. The van der Waals surface area contributed by atoms with E-state index < -0.39 is 5.41 Å². The largest absolute Gasteiger partial charge is 0.457 e. The van der Waals surface area contributed by atoms with E-state index >= 15 is 0 Å². The molecule has 1 aliphatic carbocycles. The molecule has 0 aromatic heterocycles. The molecule has 0 N–H and O–H groups in total. The molecule has 0 saturated heterocycles. The van der Waals surface area contributed by atoms with Crippen molar-refractivity contribution in [2.24, 2.45) is 0 Å². The molecule has 0 bridgehead atoms. The molecule has 57 heavy (non-hydrogen) atoms. The fourth-order valence-electron chi connectivity index (χ4n) is 9.18. The number of rotatable bonds is 6. The van der Waals surface area contributed by atoms with E-state index in [1.54, 1.807) is 0 Å². The van der Waals surface area contributed by atoms with E-state index in [0.29, 0.717) is 0 Å². The maximum Gasteiger partial charge on any atom is 0.132 e. The Morgan fingerprint density at radius 3 is 1.33 bits per heavy atom. The monoisotopic (exact) mass is 727 g/mol. The number of hydrogen-bond donors (Lipinski definition) is 0. The lowest BCUT2D eigenvalue weighted by atomic mass is 9.65. The van der Waals surface area contributed by atoms with Crippen molar-refractivity contribution >= 4 is 17.1 Å². The molecule has 0 atom stereocenters. The lowest BCUT2D eigenvalue weighted by Gasteiger charge is -2.40. The number of ether oxygens (including phenoxy) is 1. The standard InChI is InChI=1S/C55H37NO/c1-5-16-38(17-6-1)41-22-15-25-45(34-41)56(44-23-11-4-12-24-44)46-30-31-48-47-26-13-14-27-49(47)55(52(48)37-46)50-32-28-42(39-18-7-2-8-19-39)35-53(50)57-54-36-43(29-33-51(54)55)40-20-9-3-10-21-40/h1-37H. The van der Waals surface area contributed by atoms with Crippen molar-refractivity contribution in [3.05, 3.63) is 247 Å². The number of nitrogens with zero attached hydrogens (tertiary/aromatic N) is 1. The van der Waals surface area contributed by atoms with Crippen LogP contribution in [0, 0.1) is 0 Å². The highest BCUT2D eigenvalue weighted by molar-refractivity contribution is 5.92. The first-order valence-electron chi connectivity index (χ1n) is 19.6. The molecule has 0 radical (unpaired) electrons. The molecular weight excluding hydrogens is 691 g/mol. The molecule has 2 heteroatoms. The van der Waals surface area contributed by atoms with Gasteiger partial charge in [0, 0.05) is 28.2 Å². The maximum absolute atomic E-state index is 7.08. The molecular formula is C55H37NO. The summed E-state index contributed by atoms with van der Waals surface area (Å²) < 4.78 is 7.08. The Labute approximate surface area is 333 Å². The first-order chi connectivity index (χ1) is 28.3. The second kappa shape index (κ2) is 13.4. The van der Waals surface area contributed by atoms with Gasteiger partial charge in [0.15, 0.2) is 0 Å². The summed E-state index contributed by atoms with van der Waals surface area (Å²) >= 11 is 0. The fourth-order valence-corrected chi connectivity index (χ4v) is 9.18. The maximum atomic E-state index is 7.08. The number of hydrogen-bond acceptors (Lipinski definition) is 2. The van der Waals surface area contributed by atoms with Gasteiger partial charge in [0.1, 0.15) is 11.5 Å². The molecule has 9 aromatic rings. The molecule has 1 heterocycles. The molecule has 0 saturated carbocycles. The second-order valence-corrected chi connectivity index (χ2v) is 14.9. The molecule has 0 amide bonds. The summed E-state index contributed by atoms with van der Waals surface area (Å²) in [6, 6.07) is 81.0. The van der Waals surface area contributed by atoms with E-state index in [0.717, 1.165) is 61.9 Å². The Morgan fingerprint density at radius 1 is 0.281 bits per heavy atom. The van der Waals surface area contributed by atoms with E-state index in [9.17, 15) is 0 Å². The van der Waals surface area contributed by atoms with Crippen molar-refractivity contribution in [3.63, 3.8) is 0 Å². The van der Waals surface area contributed by atoms with Crippen LogP contribution in [-0.2, 0) is 5.41 Å². The highest BCUT2D eigenvalue weighted by atomic mass is 16.5. The Bertz CT molecular complexity index is 2830. The van der Waals surface area contributed by atoms with Gasteiger partial charge in [0.05, 0.1) is 5.41 Å². The smallest absolute Gasteiger partial charge is 0.132 e. The average molecular weight is 728 g/mol. The van der Waals surface area contributed by atoms with Crippen molar-refractivity contribution in [2.75, 3.05) is 4.90 Å². The Hall–Kier alpha value is -7.42. The van der Waals surface area contributed by atoms with E-state index in [2.05, 4.69) is 229 Å². The van der Waals surface area contributed by atoms with Crippen LogP contribution in [0.4, 0.5) is 17.1 Å². The minimum absolute atomic E-state index is 0.635. The van der Waals surface area contributed by atoms with Gasteiger partial charge in [0.25, 0.3) is 0 Å². The van der Waals surface area contributed by atoms with E-state index in [-0.39, 0.29) is 0 Å². The third kappa shape index (κ3) is 5.33. The zero-order valence-corrected chi connectivity index (χ0v) is 31.2. The van der Waals surface area contributed by atoms with Gasteiger partial charge in [-0.15, -0.1) is 0 Å². The minimum Gasteiger partial charge on any atom is -0.457 e. The SMILES string of the molecule is c1ccc(-c2cccc(N(c3ccccc3)c3ccc4c(c3)C3(c5ccc(-c6ccccc6)cc5Oc5cc(-c6ccccc6)ccc53)c3ccccc3-4)c2)cc1. The van der Waals surface area contributed by atoms with E-state index in [1.807, 2.05) is 0 Å². The van der Waals surface area contributed by atoms with Crippen LogP contribution in [0.15, 0.2) is 224 Å². The third-order valence-corrected chi connectivity index (χ3v) is 11.7. The zero-order valence-electron chi connectivity index (χ0n) is 31.2. The second-order valence-electron chi connectivity index (χ2n) is 14.9. The lowest BCUT2D eigenvalue weighted by Crippen LogP contribution is -2.32. The van der Waals surface area contributed by atoms with Crippen LogP contribution in [0.1, 0.15) is 22.3 Å². The molecule has 2 aliphatic rings. The van der Waals surface area contributed by atoms with Gasteiger partial charge in [0.2, 0.25) is 0 Å². The highest BCUT2D eigenvalue weighted by Crippen LogP contribution is 2.63. The van der Waals surface area contributed by atoms with Gasteiger partial charge in [-0.3, -0.25) is 0 Å². The van der Waals surface area contributed by atoms with E-state index in [4.69, 9.17) is 4.74 Å². The first kappa shape index (κ1) is 33.0. The van der Waals surface area contributed by atoms with Gasteiger partial charge in [-0.05, 0) is 104 Å². The van der Waals surface area contributed by atoms with Crippen LogP contribution >= 0.6 is 0 Å². The zero-order chi connectivity index (χ0) is 37.8. The van der Waals surface area contributed by atoms with Gasteiger partial charge in [-0.1, -0.05) is 176 Å². The quantitative estimate of drug-likeness (QED) is 0.169. The Kier molecular flexibility index (Phi) is 7.75. The van der Waals surface area contributed by atoms with Crippen LogP contribution < -0.4 is 9.64 Å². The number of anilines is 3. The fraction of sp³-hybridized carbons (Fsp3) is 0.0182. The van der Waals surface area contributed by atoms with Gasteiger partial charge < -0.3 is 9.64 Å². The van der Waals surface area contributed by atoms with Crippen LogP contribution in [-0.4, -0.2) is 0 Å². The number of fused-ring (bicyclic) bond motifs is 9. The van der Waals surface area contributed by atoms with Crippen LogP contribution in [0.2, 0.25) is 0 Å². The molecule has 1 aliphatic heterocycles.